The molecule has 0 atom stereocenters. The van der Waals surface area contributed by atoms with Crippen molar-refractivity contribution in [2.45, 2.75) is 19.8 Å². The van der Waals surface area contributed by atoms with Crippen LogP contribution in [0.2, 0.25) is 0 Å². The minimum atomic E-state index is 0.107. The molecular formula is C11H17NO. The highest BCUT2D eigenvalue weighted by Crippen LogP contribution is 2.06. The fourth-order valence-corrected chi connectivity index (χ4v) is 0.963. The first-order valence-corrected chi connectivity index (χ1v) is 4.39. The fraction of sp³-hybridized carbons (Fsp3) is 0.364. The number of hydrogen-bond acceptors (Lipinski definition) is 1. The molecule has 1 amide bonds. The summed E-state index contributed by atoms with van der Waals surface area (Å²) < 4.78 is 0. The molecule has 0 spiro atoms. The summed E-state index contributed by atoms with van der Waals surface area (Å²) in [4.78, 5) is 13.0. The first kappa shape index (κ1) is 11.7. The third kappa shape index (κ3) is 3.74. The molecule has 0 rings (SSSR count). The van der Waals surface area contributed by atoms with Crippen molar-refractivity contribution in [2.75, 3.05) is 7.05 Å². The highest BCUT2D eigenvalue weighted by atomic mass is 16.2. The van der Waals surface area contributed by atoms with Gasteiger partial charge in [0.2, 0.25) is 5.91 Å². The van der Waals surface area contributed by atoms with E-state index in [1.165, 1.54) is 0 Å². The van der Waals surface area contributed by atoms with Gasteiger partial charge in [-0.3, -0.25) is 4.79 Å². The van der Waals surface area contributed by atoms with Crippen LogP contribution in [0.15, 0.2) is 37.1 Å². The quantitative estimate of drug-likeness (QED) is 0.594. The Bertz CT molecular complexity index is 228. The van der Waals surface area contributed by atoms with Gasteiger partial charge in [0.05, 0.1) is 0 Å². The van der Waals surface area contributed by atoms with Crippen LogP contribution in [0.1, 0.15) is 19.8 Å². The summed E-state index contributed by atoms with van der Waals surface area (Å²) >= 11 is 0. The monoisotopic (exact) mass is 179 g/mol. The third-order valence-corrected chi connectivity index (χ3v) is 1.72. The summed E-state index contributed by atoms with van der Waals surface area (Å²) in [5.41, 5.74) is 0.786. The molecule has 0 fully saturated rings. The topological polar surface area (TPSA) is 20.3 Å². The van der Waals surface area contributed by atoms with Gasteiger partial charge in [0, 0.05) is 19.2 Å². The fourth-order valence-electron chi connectivity index (χ4n) is 0.963. The van der Waals surface area contributed by atoms with E-state index in [2.05, 4.69) is 13.2 Å². The minimum Gasteiger partial charge on any atom is -0.316 e. The van der Waals surface area contributed by atoms with Gasteiger partial charge in [-0.15, -0.1) is 0 Å². The molecule has 2 heteroatoms. The molecule has 0 aliphatic carbocycles. The van der Waals surface area contributed by atoms with Crippen LogP contribution in [0.25, 0.3) is 0 Å². The molecule has 0 aromatic carbocycles. The number of carbonyl (C=O) groups excluding carboxylic acids is 1. The summed E-state index contributed by atoms with van der Waals surface area (Å²) in [6.45, 7) is 9.19. The molecule has 0 aromatic heterocycles. The van der Waals surface area contributed by atoms with E-state index in [0.717, 1.165) is 12.1 Å². The predicted molar refractivity (Wildman–Crippen MR) is 56.2 cm³/mol. The van der Waals surface area contributed by atoms with Gasteiger partial charge in [-0.25, -0.2) is 0 Å². The maximum atomic E-state index is 11.4. The molecule has 0 saturated carbocycles. The van der Waals surface area contributed by atoms with E-state index in [4.69, 9.17) is 0 Å². The first-order valence-electron chi connectivity index (χ1n) is 4.39. The Morgan fingerprint density at radius 3 is 2.46 bits per heavy atom. The van der Waals surface area contributed by atoms with Crippen molar-refractivity contribution in [3.63, 3.8) is 0 Å². The second kappa shape index (κ2) is 6.23. The summed E-state index contributed by atoms with van der Waals surface area (Å²) in [6.07, 6.45) is 6.49. The normalized spacial score (nSPS) is 10.8. The van der Waals surface area contributed by atoms with Crippen LogP contribution in [0.3, 0.4) is 0 Å². The molecular weight excluding hydrogens is 162 g/mol. The van der Waals surface area contributed by atoms with Crippen molar-refractivity contribution in [3.05, 3.63) is 37.1 Å². The lowest BCUT2D eigenvalue weighted by atomic mass is 10.2. The highest BCUT2D eigenvalue weighted by Gasteiger charge is 2.08. The van der Waals surface area contributed by atoms with Gasteiger partial charge in [-0.1, -0.05) is 26.2 Å². The van der Waals surface area contributed by atoms with Gasteiger partial charge in [-0.2, -0.15) is 0 Å². The van der Waals surface area contributed by atoms with E-state index in [-0.39, 0.29) is 5.91 Å². The summed E-state index contributed by atoms with van der Waals surface area (Å²) in [5.74, 6) is 0.107. The molecule has 0 aliphatic heterocycles. The van der Waals surface area contributed by atoms with Gasteiger partial charge in [-0.05, 0) is 18.6 Å². The number of nitrogens with zero attached hydrogens (tertiary/aromatic N) is 1. The molecule has 0 aliphatic rings. The lowest BCUT2D eigenvalue weighted by molar-refractivity contribution is -0.128. The molecule has 0 saturated heterocycles. The molecule has 0 N–H and O–H groups in total. The van der Waals surface area contributed by atoms with Crippen molar-refractivity contribution in [1.82, 2.24) is 4.90 Å². The van der Waals surface area contributed by atoms with Crippen LogP contribution in [-0.2, 0) is 4.79 Å². The number of likely N-dealkylation sites (N-methyl/N-ethyl adjacent to an activating group) is 1. The van der Waals surface area contributed by atoms with Crippen LogP contribution >= 0.6 is 0 Å². The van der Waals surface area contributed by atoms with Crippen LogP contribution in [0.5, 0.6) is 0 Å². The Labute approximate surface area is 80.2 Å². The Hall–Kier alpha value is -1.31. The summed E-state index contributed by atoms with van der Waals surface area (Å²) in [5, 5.41) is 0. The highest BCUT2D eigenvalue weighted by molar-refractivity contribution is 5.78. The Morgan fingerprint density at radius 2 is 2.08 bits per heavy atom. The van der Waals surface area contributed by atoms with Gasteiger partial charge in [0.15, 0.2) is 0 Å². The van der Waals surface area contributed by atoms with Gasteiger partial charge >= 0.3 is 0 Å². The first-order chi connectivity index (χ1) is 6.17. The number of hydrogen-bond donors (Lipinski definition) is 0. The number of allylic oxidation sites excluding steroid dienone is 3. The minimum absolute atomic E-state index is 0.107. The smallest absolute Gasteiger partial charge is 0.226 e. The third-order valence-electron chi connectivity index (χ3n) is 1.72. The summed E-state index contributed by atoms with van der Waals surface area (Å²) in [6, 6.07) is 0. The van der Waals surface area contributed by atoms with Crippen molar-refractivity contribution < 1.29 is 4.79 Å². The van der Waals surface area contributed by atoms with Crippen LogP contribution in [-0.4, -0.2) is 17.9 Å². The summed E-state index contributed by atoms with van der Waals surface area (Å²) in [7, 11) is 1.75. The van der Waals surface area contributed by atoms with Crippen molar-refractivity contribution >= 4 is 5.91 Å². The van der Waals surface area contributed by atoms with Crippen LogP contribution in [0, 0.1) is 0 Å². The average molecular weight is 179 g/mol. The van der Waals surface area contributed by atoms with E-state index >= 15 is 0 Å². The van der Waals surface area contributed by atoms with Crippen molar-refractivity contribution in [1.29, 1.82) is 0 Å². The molecule has 0 unspecified atom stereocenters. The van der Waals surface area contributed by atoms with Gasteiger partial charge in [0.1, 0.15) is 0 Å². The van der Waals surface area contributed by atoms with E-state index in [1.54, 1.807) is 30.2 Å². The van der Waals surface area contributed by atoms with E-state index in [9.17, 15) is 4.79 Å². The van der Waals surface area contributed by atoms with Crippen LogP contribution < -0.4 is 0 Å². The molecule has 2 nitrogen and oxygen atoms in total. The van der Waals surface area contributed by atoms with Gasteiger partial charge in [0.25, 0.3) is 0 Å². The Kier molecular flexibility index (Phi) is 5.60. The zero-order valence-corrected chi connectivity index (χ0v) is 8.42. The molecule has 72 valence electrons. The Balaban J connectivity index is 4.45. The predicted octanol–water partition coefficient (Wildman–Crippen LogP) is 2.50. The van der Waals surface area contributed by atoms with E-state index in [0.29, 0.717) is 6.42 Å². The standard InChI is InChI=1S/C11H17NO/c1-5-8-10(7-3)12(4)11(13)9-6-2/h5,7-8H,1,3,6,9H2,2,4H3. The molecule has 0 bridgehead atoms. The number of carbonyl (C=O) groups is 1. The maximum absolute atomic E-state index is 11.4. The van der Waals surface area contributed by atoms with Crippen molar-refractivity contribution in [3.8, 4) is 0 Å². The number of rotatable bonds is 5. The van der Waals surface area contributed by atoms with Crippen LogP contribution in [0.4, 0.5) is 0 Å². The second-order valence-electron chi connectivity index (χ2n) is 2.73. The van der Waals surface area contributed by atoms with E-state index in [1.807, 2.05) is 6.92 Å². The maximum Gasteiger partial charge on any atom is 0.226 e. The SMILES string of the molecule is C=CC=C(C=C)N(C)C(=O)CCC. The van der Waals surface area contributed by atoms with E-state index < -0.39 is 0 Å². The van der Waals surface area contributed by atoms with Gasteiger partial charge < -0.3 is 4.90 Å². The second-order valence-corrected chi connectivity index (χ2v) is 2.73. The molecule has 0 aromatic rings. The molecule has 0 radical (unpaired) electrons. The largest absolute Gasteiger partial charge is 0.316 e. The number of amides is 1. The zero-order chi connectivity index (χ0) is 10.3. The lowest BCUT2D eigenvalue weighted by Gasteiger charge is -2.17. The molecule has 0 heterocycles. The molecule has 13 heavy (non-hydrogen) atoms. The lowest BCUT2D eigenvalue weighted by Crippen LogP contribution is -2.24. The zero-order valence-electron chi connectivity index (χ0n) is 8.42. The Morgan fingerprint density at radius 1 is 1.46 bits per heavy atom. The van der Waals surface area contributed by atoms with Crippen molar-refractivity contribution in [2.24, 2.45) is 0 Å². The average Bonchev–Trinajstić information content (AvgIpc) is 2.13.